The van der Waals surface area contributed by atoms with Crippen molar-refractivity contribution in [2.45, 2.75) is 26.8 Å². The molecule has 2 aromatic rings. The Labute approximate surface area is 137 Å². The number of carbonyl (C=O) groups excluding carboxylic acids is 1. The number of ether oxygens (including phenoxy) is 1. The normalized spacial score (nSPS) is 10.4. The van der Waals surface area contributed by atoms with Crippen molar-refractivity contribution >= 4 is 11.6 Å². The van der Waals surface area contributed by atoms with Crippen LogP contribution in [-0.2, 0) is 17.8 Å². The molecule has 0 aliphatic rings. The first-order valence-corrected chi connectivity index (χ1v) is 7.79. The SMILES string of the molecule is COc1ccc(C)cc1CCNCc1ccc(NC(C)=O)cc1. The zero-order valence-electron chi connectivity index (χ0n) is 14.0. The summed E-state index contributed by atoms with van der Waals surface area (Å²) >= 11 is 0. The van der Waals surface area contributed by atoms with Gasteiger partial charge in [-0.2, -0.15) is 0 Å². The van der Waals surface area contributed by atoms with Gasteiger partial charge in [-0.25, -0.2) is 0 Å². The van der Waals surface area contributed by atoms with E-state index in [0.717, 1.165) is 30.9 Å². The summed E-state index contributed by atoms with van der Waals surface area (Å²) in [6.45, 7) is 5.28. The molecule has 0 spiro atoms. The largest absolute Gasteiger partial charge is 0.496 e. The Morgan fingerprint density at radius 1 is 1.13 bits per heavy atom. The average Bonchev–Trinajstić information content (AvgIpc) is 2.53. The van der Waals surface area contributed by atoms with Gasteiger partial charge in [0.2, 0.25) is 5.91 Å². The molecule has 0 saturated carbocycles. The highest BCUT2D eigenvalue weighted by molar-refractivity contribution is 5.88. The second-order valence-corrected chi connectivity index (χ2v) is 5.62. The van der Waals surface area contributed by atoms with Gasteiger partial charge >= 0.3 is 0 Å². The molecule has 0 radical (unpaired) electrons. The number of rotatable bonds is 7. The van der Waals surface area contributed by atoms with Gasteiger partial charge in [0.05, 0.1) is 7.11 Å². The maximum absolute atomic E-state index is 11.0. The van der Waals surface area contributed by atoms with Crippen molar-refractivity contribution in [2.75, 3.05) is 19.0 Å². The molecule has 0 heterocycles. The van der Waals surface area contributed by atoms with Crippen LogP contribution in [0, 0.1) is 6.92 Å². The molecule has 23 heavy (non-hydrogen) atoms. The number of benzene rings is 2. The van der Waals surface area contributed by atoms with E-state index >= 15 is 0 Å². The molecule has 0 unspecified atom stereocenters. The molecule has 2 rings (SSSR count). The summed E-state index contributed by atoms with van der Waals surface area (Å²) in [4.78, 5) is 11.0. The number of hydrogen-bond donors (Lipinski definition) is 2. The summed E-state index contributed by atoms with van der Waals surface area (Å²) in [5.41, 5.74) is 4.48. The summed E-state index contributed by atoms with van der Waals surface area (Å²) in [6.07, 6.45) is 0.925. The van der Waals surface area contributed by atoms with Crippen molar-refractivity contribution in [3.05, 3.63) is 59.2 Å². The van der Waals surface area contributed by atoms with Crippen molar-refractivity contribution in [1.82, 2.24) is 5.32 Å². The first-order valence-electron chi connectivity index (χ1n) is 7.79. The third-order valence-electron chi connectivity index (χ3n) is 3.61. The predicted octanol–water partition coefficient (Wildman–Crippen LogP) is 3.29. The Morgan fingerprint density at radius 2 is 1.87 bits per heavy atom. The van der Waals surface area contributed by atoms with Gasteiger partial charge in [-0.15, -0.1) is 0 Å². The van der Waals surface area contributed by atoms with Crippen LogP contribution in [-0.4, -0.2) is 19.6 Å². The Morgan fingerprint density at radius 3 is 2.52 bits per heavy atom. The molecule has 0 aliphatic carbocycles. The molecule has 122 valence electrons. The fraction of sp³-hybridized carbons (Fsp3) is 0.316. The van der Waals surface area contributed by atoms with Gasteiger partial charge in [-0.05, 0) is 49.2 Å². The summed E-state index contributed by atoms with van der Waals surface area (Å²) in [5, 5.41) is 6.20. The van der Waals surface area contributed by atoms with Crippen LogP contribution in [0.1, 0.15) is 23.6 Å². The Balaban J connectivity index is 1.81. The van der Waals surface area contributed by atoms with E-state index in [1.165, 1.54) is 23.6 Å². The van der Waals surface area contributed by atoms with Crippen LogP contribution in [0.25, 0.3) is 0 Å². The van der Waals surface area contributed by atoms with Gasteiger partial charge < -0.3 is 15.4 Å². The lowest BCUT2D eigenvalue weighted by molar-refractivity contribution is -0.114. The maximum Gasteiger partial charge on any atom is 0.221 e. The lowest BCUT2D eigenvalue weighted by atomic mass is 10.1. The topological polar surface area (TPSA) is 50.4 Å². The molecule has 0 aromatic heterocycles. The smallest absolute Gasteiger partial charge is 0.221 e. The number of amides is 1. The standard InChI is InChI=1S/C19H24N2O2/c1-14-4-9-19(23-3)17(12-14)10-11-20-13-16-5-7-18(8-6-16)21-15(2)22/h4-9,12,20H,10-11,13H2,1-3H3,(H,21,22). The molecule has 4 nitrogen and oxygen atoms in total. The minimum Gasteiger partial charge on any atom is -0.496 e. The first kappa shape index (κ1) is 17.0. The molecule has 0 saturated heterocycles. The van der Waals surface area contributed by atoms with Crippen LogP contribution in [0.4, 0.5) is 5.69 Å². The Hall–Kier alpha value is -2.33. The number of carbonyl (C=O) groups is 1. The van der Waals surface area contributed by atoms with Crippen LogP contribution >= 0.6 is 0 Å². The highest BCUT2D eigenvalue weighted by Gasteiger charge is 2.03. The predicted molar refractivity (Wildman–Crippen MR) is 93.9 cm³/mol. The lowest BCUT2D eigenvalue weighted by Crippen LogP contribution is -2.17. The molecular weight excluding hydrogens is 288 g/mol. The monoisotopic (exact) mass is 312 g/mol. The van der Waals surface area contributed by atoms with E-state index in [2.05, 4.69) is 29.7 Å². The lowest BCUT2D eigenvalue weighted by Gasteiger charge is -2.10. The van der Waals surface area contributed by atoms with Crippen LogP contribution < -0.4 is 15.4 Å². The molecular formula is C19H24N2O2. The van der Waals surface area contributed by atoms with Gasteiger partial charge in [-0.1, -0.05) is 29.8 Å². The molecule has 1 amide bonds. The van der Waals surface area contributed by atoms with E-state index < -0.39 is 0 Å². The fourth-order valence-electron chi connectivity index (χ4n) is 2.47. The number of anilines is 1. The first-order chi connectivity index (χ1) is 11.1. The van der Waals surface area contributed by atoms with Gasteiger partial charge in [-0.3, -0.25) is 4.79 Å². The zero-order valence-corrected chi connectivity index (χ0v) is 14.0. The van der Waals surface area contributed by atoms with Crippen LogP contribution in [0.15, 0.2) is 42.5 Å². The third-order valence-corrected chi connectivity index (χ3v) is 3.61. The molecule has 4 heteroatoms. The molecule has 0 bridgehead atoms. The molecule has 2 N–H and O–H groups in total. The summed E-state index contributed by atoms with van der Waals surface area (Å²) in [6, 6.07) is 14.1. The fourth-order valence-corrected chi connectivity index (χ4v) is 2.47. The average molecular weight is 312 g/mol. The van der Waals surface area contributed by atoms with E-state index in [0.29, 0.717) is 0 Å². The van der Waals surface area contributed by atoms with Crippen molar-refractivity contribution in [3.63, 3.8) is 0 Å². The number of aryl methyl sites for hydroxylation is 1. The minimum atomic E-state index is -0.0528. The maximum atomic E-state index is 11.0. The third kappa shape index (κ3) is 5.42. The molecule has 2 aromatic carbocycles. The van der Waals surface area contributed by atoms with Crippen molar-refractivity contribution in [2.24, 2.45) is 0 Å². The second kappa shape index (κ2) is 8.34. The van der Waals surface area contributed by atoms with Gasteiger partial charge in [0.1, 0.15) is 5.75 Å². The van der Waals surface area contributed by atoms with Crippen LogP contribution in [0.3, 0.4) is 0 Å². The van der Waals surface area contributed by atoms with Gasteiger partial charge in [0.15, 0.2) is 0 Å². The van der Waals surface area contributed by atoms with E-state index in [1.807, 2.05) is 30.3 Å². The molecule has 0 atom stereocenters. The summed E-state index contributed by atoms with van der Waals surface area (Å²) in [5.74, 6) is 0.889. The van der Waals surface area contributed by atoms with Crippen LogP contribution in [0.2, 0.25) is 0 Å². The quantitative estimate of drug-likeness (QED) is 0.771. The summed E-state index contributed by atoms with van der Waals surface area (Å²) < 4.78 is 5.40. The second-order valence-electron chi connectivity index (χ2n) is 5.62. The van der Waals surface area contributed by atoms with Gasteiger partial charge in [0.25, 0.3) is 0 Å². The number of methoxy groups -OCH3 is 1. The highest BCUT2D eigenvalue weighted by Crippen LogP contribution is 2.19. The Bertz CT molecular complexity index is 651. The molecule has 0 aliphatic heterocycles. The van der Waals surface area contributed by atoms with E-state index in [9.17, 15) is 4.79 Å². The van der Waals surface area contributed by atoms with Gasteiger partial charge in [0, 0.05) is 19.2 Å². The zero-order chi connectivity index (χ0) is 16.7. The Kier molecular flexibility index (Phi) is 6.18. The van der Waals surface area contributed by atoms with Crippen molar-refractivity contribution in [1.29, 1.82) is 0 Å². The van der Waals surface area contributed by atoms with Crippen molar-refractivity contribution in [3.8, 4) is 5.75 Å². The summed E-state index contributed by atoms with van der Waals surface area (Å²) in [7, 11) is 1.71. The van der Waals surface area contributed by atoms with E-state index in [4.69, 9.17) is 4.74 Å². The van der Waals surface area contributed by atoms with Crippen molar-refractivity contribution < 1.29 is 9.53 Å². The van der Waals surface area contributed by atoms with E-state index in [-0.39, 0.29) is 5.91 Å². The number of hydrogen-bond acceptors (Lipinski definition) is 3. The van der Waals surface area contributed by atoms with E-state index in [1.54, 1.807) is 7.11 Å². The minimum absolute atomic E-state index is 0.0528. The van der Waals surface area contributed by atoms with Crippen LogP contribution in [0.5, 0.6) is 5.75 Å². The number of nitrogens with one attached hydrogen (secondary N) is 2. The highest BCUT2D eigenvalue weighted by atomic mass is 16.5. The molecule has 0 fully saturated rings.